The van der Waals surface area contributed by atoms with Crippen molar-refractivity contribution in [1.29, 1.82) is 0 Å². The summed E-state index contributed by atoms with van der Waals surface area (Å²) in [6, 6.07) is 12.8. The van der Waals surface area contributed by atoms with Gasteiger partial charge in [0, 0.05) is 18.5 Å². The Hall–Kier alpha value is -3.82. The van der Waals surface area contributed by atoms with Gasteiger partial charge in [-0.15, -0.1) is 11.3 Å². The van der Waals surface area contributed by atoms with Crippen LogP contribution in [0.2, 0.25) is 0 Å². The number of esters is 1. The number of aliphatic hydroxyl groups is 1. The number of ether oxygens (including phenoxy) is 2. The number of fused-ring (bicyclic) bond motifs is 1. The molecule has 1 aromatic carbocycles. The third-order valence-corrected chi connectivity index (χ3v) is 7.43. The van der Waals surface area contributed by atoms with Gasteiger partial charge in [0.1, 0.15) is 28.0 Å². The Labute approximate surface area is 213 Å². The summed E-state index contributed by atoms with van der Waals surface area (Å²) in [5.74, 6) is 1.59. The Balaban J connectivity index is 1.46. The van der Waals surface area contributed by atoms with Crippen molar-refractivity contribution in [3.05, 3.63) is 82.1 Å². The fourth-order valence-electron chi connectivity index (χ4n) is 4.52. The number of hydrogen-bond acceptors (Lipinski definition) is 9. The second kappa shape index (κ2) is 9.67. The van der Waals surface area contributed by atoms with E-state index in [1.54, 1.807) is 37.7 Å². The van der Waals surface area contributed by atoms with Crippen LogP contribution in [-0.4, -0.2) is 40.2 Å². The van der Waals surface area contributed by atoms with E-state index in [0.717, 1.165) is 40.1 Å². The summed E-state index contributed by atoms with van der Waals surface area (Å²) >= 11 is 1.42. The summed E-state index contributed by atoms with van der Waals surface area (Å²) in [4.78, 5) is 26.5. The molecule has 0 amide bonds. The number of benzene rings is 1. The molecule has 8 nitrogen and oxygen atoms in total. The smallest absolute Gasteiger partial charge is 0.337 e. The Kier molecular flexibility index (Phi) is 6.42. The van der Waals surface area contributed by atoms with Crippen molar-refractivity contribution >= 4 is 28.9 Å². The van der Waals surface area contributed by atoms with Crippen molar-refractivity contribution in [2.45, 2.75) is 31.8 Å². The molecule has 4 aromatic rings. The molecule has 0 bridgehead atoms. The summed E-state index contributed by atoms with van der Waals surface area (Å²) in [7, 11) is 2.98. The van der Waals surface area contributed by atoms with Crippen molar-refractivity contribution in [3.63, 3.8) is 0 Å². The van der Waals surface area contributed by atoms with Gasteiger partial charge < -0.3 is 19.9 Å². The van der Waals surface area contributed by atoms with E-state index in [1.165, 1.54) is 18.4 Å². The molecule has 0 radical (unpaired) electrons. The van der Waals surface area contributed by atoms with Gasteiger partial charge in [0.2, 0.25) is 0 Å². The van der Waals surface area contributed by atoms with Crippen LogP contribution in [0.4, 0.5) is 11.6 Å². The number of carbonyl (C=O) groups excluding carboxylic acids is 1. The topological polar surface area (TPSA) is 106 Å². The van der Waals surface area contributed by atoms with Gasteiger partial charge in [-0.2, -0.15) is 0 Å². The third kappa shape index (κ3) is 4.55. The Morgan fingerprint density at radius 3 is 2.78 bits per heavy atom. The highest BCUT2D eigenvalue weighted by atomic mass is 32.1. The summed E-state index contributed by atoms with van der Waals surface area (Å²) in [5, 5.41) is 15.6. The number of carbonyl (C=O) groups is 1. The van der Waals surface area contributed by atoms with Crippen molar-refractivity contribution < 1.29 is 19.4 Å². The lowest BCUT2D eigenvalue weighted by Crippen LogP contribution is -2.32. The minimum atomic E-state index is -1.22. The molecule has 1 aliphatic rings. The van der Waals surface area contributed by atoms with Crippen LogP contribution in [0.25, 0.3) is 10.6 Å². The Morgan fingerprint density at radius 2 is 1.97 bits per heavy atom. The van der Waals surface area contributed by atoms with Gasteiger partial charge in [-0.1, -0.05) is 6.07 Å². The molecule has 2 N–H and O–H groups in total. The molecule has 3 heterocycles. The minimum Gasteiger partial charge on any atom is -0.497 e. The number of nitrogens with zero attached hydrogens (tertiary/aromatic N) is 3. The zero-order valence-electron chi connectivity index (χ0n) is 20.2. The van der Waals surface area contributed by atoms with Gasteiger partial charge in [-0.3, -0.25) is 0 Å². The normalized spacial score (nSPS) is 16.8. The van der Waals surface area contributed by atoms with E-state index in [4.69, 9.17) is 14.5 Å². The van der Waals surface area contributed by atoms with Gasteiger partial charge >= 0.3 is 5.97 Å². The molecular weight excluding hydrogens is 476 g/mol. The highest BCUT2D eigenvalue weighted by molar-refractivity contribution is 7.15. The maximum Gasteiger partial charge on any atom is 0.337 e. The van der Waals surface area contributed by atoms with E-state index in [1.807, 2.05) is 31.2 Å². The van der Waals surface area contributed by atoms with Gasteiger partial charge in [0.05, 0.1) is 30.4 Å². The van der Waals surface area contributed by atoms with Crippen molar-refractivity contribution in [3.8, 4) is 16.3 Å². The summed E-state index contributed by atoms with van der Waals surface area (Å²) in [5.41, 5.74) is 2.76. The standard InChI is InChI=1S/C27H26N4O4S/c1-16-11-21(30-24(12-16)31-23-14-19(34-2)8-10-28-23)22-15-29-26(36-22)27(33)9-4-5-17-13-18(25(32)35-3)6-7-20(17)27/h6-8,10-15,33H,4-5,9H2,1-3H3,(H,28,30,31). The maximum absolute atomic E-state index is 12.0. The van der Waals surface area contributed by atoms with E-state index < -0.39 is 5.60 Å². The molecular formula is C27H26N4O4S. The number of pyridine rings is 2. The van der Waals surface area contributed by atoms with E-state index in [9.17, 15) is 9.90 Å². The number of thiazole rings is 1. The summed E-state index contributed by atoms with van der Waals surface area (Å²) < 4.78 is 10.1. The van der Waals surface area contributed by atoms with E-state index in [2.05, 4.69) is 15.3 Å². The third-order valence-electron chi connectivity index (χ3n) is 6.26. The summed E-state index contributed by atoms with van der Waals surface area (Å²) in [6.07, 6.45) is 5.55. The average molecular weight is 503 g/mol. The second-order valence-electron chi connectivity index (χ2n) is 8.73. The SMILES string of the molecule is COC(=O)c1ccc2c(c1)CCCC2(O)c1ncc(-c2cc(C)cc(Nc3cc(OC)ccn3)n2)s1. The minimum absolute atomic E-state index is 0.387. The molecule has 0 saturated heterocycles. The average Bonchev–Trinajstić information content (AvgIpc) is 3.39. The van der Waals surface area contributed by atoms with Crippen LogP contribution >= 0.6 is 11.3 Å². The monoisotopic (exact) mass is 502 g/mol. The van der Waals surface area contributed by atoms with Crippen LogP contribution in [0.15, 0.2) is 54.9 Å². The van der Waals surface area contributed by atoms with Crippen molar-refractivity contribution in [2.24, 2.45) is 0 Å². The molecule has 1 aliphatic carbocycles. The molecule has 36 heavy (non-hydrogen) atoms. The first-order valence-electron chi connectivity index (χ1n) is 11.6. The molecule has 3 aromatic heterocycles. The van der Waals surface area contributed by atoms with E-state index >= 15 is 0 Å². The number of nitrogens with one attached hydrogen (secondary N) is 1. The van der Waals surface area contributed by atoms with Crippen LogP contribution in [-0.2, 0) is 16.8 Å². The molecule has 0 aliphatic heterocycles. The van der Waals surface area contributed by atoms with Gasteiger partial charge in [0.25, 0.3) is 0 Å². The van der Waals surface area contributed by atoms with Crippen molar-refractivity contribution in [1.82, 2.24) is 15.0 Å². The molecule has 1 atom stereocenters. The van der Waals surface area contributed by atoms with Crippen LogP contribution in [0.5, 0.6) is 5.75 Å². The Bertz CT molecular complexity index is 1440. The van der Waals surface area contributed by atoms with Gasteiger partial charge in [-0.25, -0.2) is 19.7 Å². The van der Waals surface area contributed by atoms with Gasteiger partial charge in [-0.05, 0) is 73.2 Å². The molecule has 0 fully saturated rings. The zero-order valence-corrected chi connectivity index (χ0v) is 21.1. The number of anilines is 2. The quantitative estimate of drug-likeness (QED) is 0.354. The van der Waals surface area contributed by atoms with Crippen LogP contribution in [0.3, 0.4) is 0 Å². The van der Waals surface area contributed by atoms with Crippen LogP contribution < -0.4 is 10.1 Å². The second-order valence-corrected chi connectivity index (χ2v) is 9.76. The highest BCUT2D eigenvalue weighted by Gasteiger charge is 2.39. The zero-order chi connectivity index (χ0) is 25.3. The lowest BCUT2D eigenvalue weighted by Gasteiger charge is -2.33. The molecule has 0 saturated carbocycles. The van der Waals surface area contributed by atoms with Crippen LogP contribution in [0, 0.1) is 6.92 Å². The van der Waals surface area contributed by atoms with Crippen LogP contribution in [0.1, 0.15) is 44.9 Å². The number of methoxy groups -OCH3 is 2. The maximum atomic E-state index is 12.0. The number of hydrogen-bond donors (Lipinski definition) is 2. The number of rotatable bonds is 6. The number of aromatic nitrogens is 3. The number of aryl methyl sites for hydroxylation is 2. The van der Waals surface area contributed by atoms with Crippen molar-refractivity contribution in [2.75, 3.05) is 19.5 Å². The first-order valence-corrected chi connectivity index (χ1v) is 12.4. The fraction of sp³-hybridized carbons (Fsp3) is 0.259. The largest absolute Gasteiger partial charge is 0.497 e. The molecule has 0 spiro atoms. The molecule has 5 rings (SSSR count). The highest BCUT2D eigenvalue weighted by Crippen LogP contribution is 2.43. The fourth-order valence-corrected chi connectivity index (χ4v) is 5.53. The molecule has 184 valence electrons. The predicted molar refractivity (Wildman–Crippen MR) is 138 cm³/mol. The Morgan fingerprint density at radius 1 is 1.11 bits per heavy atom. The molecule has 9 heteroatoms. The lowest BCUT2D eigenvalue weighted by atomic mass is 9.79. The van der Waals surface area contributed by atoms with Gasteiger partial charge in [0.15, 0.2) is 0 Å². The molecule has 1 unspecified atom stereocenters. The summed E-state index contributed by atoms with van der Waals surface area (Å²) in [6.45, 7) is 2.00. The first-order chi connectivity index (χ1) is 17.4. The first kappa shape index (κ1) is 23.9. The predicted octanol–water partition coefficient (Wildman–Crippen LogP) is 5.02. The van der Waals surface area contributed by atoms with E-state index in [0.29, 0.717) is 34.4 Å². The van der Waals surface area contributed by atoms with E-state index in [-0.39, 0.29) is 5.97 Å². The lowest BCUT2D eigenvalue weighted by molar-refractivity contribution is 0.0583.